The van der Waals surface area contributed by atoms with E-state index in [2.05, 4.69) is 15.8 Å². The molecule has 3 N–H and O–H groups in total. The monoisotopic (exact) mass is 545 g/mol. The zero-order valence-corrected chi connectivity index (χ0v) is 21.8. The zero-order chi connectivity index (χ0) is 25.7. The number of benzene rings is 1. The molecule has 0 amide bonds. The molecule has 3 aromatic rings. The highest BCUT2D eigenvalue weighted by molar-refractivity contribution is 7.88. The lowest BCUT2D eigenvalue weighted by Gasteiger charge is -2.22. The van der Waals surface area contributed by atoms with E-state index in [1.165, 1.54) is 11.8 Å². The quantitative estimate of drug-likeness (QED) is 0.434. The number of aromatic nitrogens is 2. The fourth-order valence-corrected chi connectivity index (χ4v) is 6.41. The molecule has 11 heteroatoms. The summed E-state index contributed by atoms with van der Waals surface area (Å²) in [7, 11) is -3.20. The summed E-state index contributed by atoms with van der Waals surface area (Å²) >= 11 is 6.61. The average molecular weight is 546 g/mol. The van der Waals surface area contributed by atoms with Crippen LogP contribution in [-0.4, -0.2) is 73.4 Å². The number of nitrogens with one attached hydrogen (secondary N) is 2. The minimum atomic E-state index is -3.20. The maximum atomic E-state index is 11.5. The van der Waals surface area contributed by atoms with E-state index in [4.69, 9.17) is 30.8 Å². The van der Waals surface area contributed by atoms with Crippen LogP contribution in [-0.2, 0) is 19.5 Å². The van der Waals surface area contributed by atoms with E-state index in [1.807, 2.05) is 36.4 Å². The second kappa shape index (κ2) is 9.68. The number of hydrogen-bond donors (Lipinski definition) is 3. The number of rotatable bonds is 6. The van der Waals surface area contributed by atoms with E-state index in [9.17, 15) is 13.5 Å². The molecule has 37 heavy (non-hydrogen) atoms. The molecule has 4 heterocycles. The first-order valence-corrected chi connectivity index (χ1v) is 14.5. The third-order valence-electron chi connectivity index (χ3n) is 7.11. The maximum absolute atomic E-state index is 11.5. The van der Waals surface area contributed by atoms with Gasteiger partial charge in [0.1, 0.15) is 18.3 Å². The molecule has 9 nitrogen and oxygen atoms in total. The van der Waals surface area contributed by atoms with Crippen molar-refractivity contribution in [2.24, 2.45) is 0 Å². The molecule has 0 saturated carbocycles. The Bertz CT molecular complexity index is 1450. The number of pyridine rings is 1. The summed E-state index contributed by atoms with van der Waals surface area (Å²) in [5, 5.41) is 10.5. The lowest BCUT2D eigenvalue weighted by Crippen LogP contribution is -2.34. The Morgan fingerprint density at radius 3 is 2.62 bits per heavy atom. The van der Waals surface area contributed by atoms with Gasteiger partial charge in [0.05, 0.1) is 41.2 Å². The van der Waals surface area contributed by atoms with Crippen LogP contribution in [0, 0.1) is 0 Å². The number of allylic oxidation sites excluding steroid dienone is 1. The second-order valence-electron chi connectivity index (χ2n) is 9.87. The molecule has 2 aliphatic heterocycles. The van der Waals surface area contributed by atoms with Crippen LogP contribution in [0.5, 0.6) is 5.88 Å². The number of halogens is 1. The zero-order valence-electron chi connectivity index (χ0n) is 20.2. The maximum Gasteiger partial charge on any atom is 0.208 e. The van der Waals surface area contributed by atoms with Crippen LogP contribution in [0.15, 0.2) is 42.5 Å². The molecule has 2 fully saturated rings. The van der Waals surface area contributed by atoms with Gasteiger partial charge in [-0.05, 0) is 36.5 Å². The summed E-state index contributed by atoms with van der Waals surface area (Å²) in [6.45, 7) is 0.595. The number of aliphatic hydroxyl groups is 1. The Morgan fingerprint density at radius 1 is 1.14 bits per heavy atom. The SMILES string of the molecule is CS(=O)(=O)NC1CC=C(c2ccc(-c3nc4cc(O[C@@H]5CO[C@H]6[C@@H]5OC[C@H]6O)[nH]c4cc3Cl)cc2)CC1. The fourth-order valence-electron chi connectivity index (χ4n) is 5.33. The Balaban J connectivity index is 1.17. The number of nitrogens with zero attached hydrogens (tertiary/aromatic N) is 1. The van der Waals surface area contributed by atoms with Gasteiger partial charge in [-0.1, -0.05) is 41.9 Å². The normalized spacial score (nSPS) is 27.9. The smallest absolute Gasteiger partial charge is 0.208 e. The number of aliphatic hydroxyl groups excluding tert-OH is 1. The average Bonchev–Trinajstić information content (AvgIpc) is 3.55. The van der Waals surface area contributed by atoms with Gasteiger partial charge in [-0.15, -0.1) is 0 Å². The van der Waals surface area contributed by atoms with Gasteiger partial charge in [-0.2, -0.15) is 0 Å². The molecule has 1 aromatic carbocycles. The Hall–Kier alpha value is -2.47. The Labute approximate surface area is 219 Å². The molecule has 1 aliphatic carbocycles. The highest BCUT2D eigenvalue weighted by Crippen LogP contribution is 2.35. The third kappa shape index (κ3) is 5.14. The van der Waals surface area contributed by atoms with Crippen molar-refractivity contribution in [3.63, 3.8) is 0 Å². The Morgan fingerprint density at radius 2 is 1.89 bits per heavy atom. The molecule has 0 spiro atoms. The van der Waals surface area contributed by atoms with Crippen molar-refractivity contribution in [2.75, 3.05) is 19.5 Å². The van der Waals surface area contributed by atoms with E-state index in [1.54, 1.807) is 0 Å². The molecule has 6 rings (SSSR count). The summed E-state index contributed by atoms with van der Waals surface area (Å²) in [6, 6.07) is 11.7. The molecule has 2 aromatic heterocycles. The van der Waals surface area contributed by atoms with Gasteiger partial charge in [-0.25, -0.2) is 18.1 Å². The van der Waals surface area contributed by atoms with E-state index < -0.39 is 16.1 Å². The van der Waals surface area contributed by atoms with E-state index in [0.29, 0.717) is 29.6 Å². The van der Waals surface area contributed by atoms with Gasteiger partial charge < -0.3 is 24.3 Å². The number of fused-ring (bicyclic) bond motifs is 2. The van der Waals surface area contributed by atoms with Gasteiger partial charge in [-0.3, -0.25) is 0 Å². The van der Waals surface area contributed by atoms with Crippen molar-refractivity contribution in [1.29, 1.82) is 0 Å². The largest absolute Gasteiger partial charge is 0.470 e. The Kier molecular flexibility index (Phi) is 6.50. The van der Waals surface area contributed by atoms with Crippen molar-refractivity contribution in [3.05, 3.63) is 53.1 Å². The topological polar surface area (TPSA) is 123 Å². The highest BCUT2D eigenvalue weighted by atomic mass is 35.5. The van der Waals surface area contributed by atoms with Crippen LogP contribution in [0.2, 0.25) is 5.02 Å². The van der Waals surface area contributed by atoms with Gasteiger partial charge in [0.2, 0.25) is 10.0 Å². The van der Waals surface area contributed by atoms with E-state index in [0.717, 1.165) is 35.0 Å². The predicted molar refractivity (Wildman–Crippen MR) is 140 cm³/mol. The molecule has 196 valence electrons. The van der Waals surface area contributed by atoms with Gasteiger partial charge >= 0.3 is 0 Å². The molecule has 1 unspecified atom stereocenters. The molecule has 3 aliphatic rings. The lowest BCUT2D eigenvalue weighted by molar-refractivity contribution is 0.00794. The second-order valence-corrected chi connectivity index (χ2v) is 12.1. The van der Waals surface area contributed by atoms with Crippen molar-refractivity contribution in [3.8, 4) is 17.1 Å². The summed E-state index contributed by atoms with van der Waals surface area (Å²) in [5.41, 5.74) is 5.36. The lowest BCUT2D eigenvalue weighted by atomic mass is 9.90. The van der Waals surface area contributed by atoms with Crippen LogP contribution in [0.4, 0.5) is 0 Å². The third-order valence-corrected chi connectivity index (χ3v) is 8.16. The van der Waals surface area contributed by atoms with Gasteiger partial charge in [0.15, 0.2) is 12.0 Å². The summed E-state index contributed by atoms with van der Waals surface area (Å²) in [5.74, 6) is 0.540. The molecular formula is C26H28ClN3O6S. The van der Waals surface area contributed by atoms with E-state index in [-0.39, 0.29) is 31.0 Å². The molecule has 0 bridgehead atoms. The van der Waals surface area contributed by atoms with Crippen LogP contribution in [0.3, 0.4) is 0 Å². The molecule has 0 radical (unpaired) electrons. The van der Waals surface area contributed by atoms with Crippen molar-refractivity contribution >= 4 is 38.2 Å². The molecule has 5 atom stereocenters. The molecular weight excluding hydrogens is 518 g/mol. The van der Waals surface area contributed by atoms with Crippen LogP contribution < -0.4 is 9.46 Å². The predicted octanol–water partition coefficient (Wildman–Crippen LogP) is 3.27. The first kappa shape index (κ1) is 24.8. The first-order chi connectivity index (χ1) is 17.7. The number of H-pyrrole nitrogens is 1. The number of ether oxygens (including phenoxy) is 3. The minimum absolute atomic E-state index is 0.0529. The van der Waals surface area contributed by atoms with Crippen molar-refractivity contribution < 1.29 is 27.7 Å². The first-order valence-electron chi connectivity index (χ1n) is 12.3. The summed E-state index contributed by atoms with van der Waals surface area (Å²) < 4.78 is 43.0. The molecule has 2 saturated heterocycles. The van der Waals surface area contributed by atoms with Gasteiger partial charge in [0.25, 0.3) is 0 Å². The fraction of sp³-hybridized carbons (Fsp3) is 0.423. The van der Waals surface area contributed by atoms with Crippen LogP contribution in [0.1, 0.15) is 24.8 Å². The van der Waals surface area contributed by atoms with Crippen molar-refractivity contribution in [2.45, 2.75) is 49.7 Å². The summed E-state index contributed by atoms with van der Waals surface area (Å²) in [4.78, 5) is 7.99. The number of aromatic amines is 1. The summed E-state index contributed by atoms with van der Waals surface area (Å²) in [6.07, 6.45) is 3.95. The van der Waals surface area contributed by atoms with Gasteiger partial charge in [0, 0.05) is 17.7 Å². The van der Waals surface area contributed by atoms with E-state index >= 15 is 0 Å². The number of hydrogen-bond acceptors (Lipinski definition) is 7. The number of sulfonamides is 1. The van der Waals surface area contributed by atoms with Crippen LogP contribution >= 0.6 is 11.6 Å². The van der Waals surface area contributed by atoms with Crippen molar-refractivity contribution in [1.82, 2.24) is 14.7 Å². The standard InChI is InChI=1S/C26H28ClN3O6S/c1-37(32,33)30-17-8-6-15(7-9-17)14-2-4-16(5-3-14)24-18(27)10-19-20(29-24)11-23(28-19)36-22-13-35-25-21(31)12-34-26(22)25/h2-6,10-11,17,21-22,25-26,28,30-31H,7-9,12-13H2,1H3/t17?,21-,22-,25-,26-/m1/s1. The highest BCUT2D eigenvalue weighted by Gasteiger charge is 2.48. The minimum Gasteiger partial charge on any atom is -0.470 e. The van der Waals surface area contributed by atoms with Crippen LogP contribution in [0.25, 0.3) is 27.9 Å².